The van der Waals surface area contributed by atoms with Crippen molar-refractivity contribution < 1.29 is 8.42 Å². The van der Waals surface area contributed by atoms with Crippen LogP contribution in [0.25, 0.3) is 0 Å². The number of hydrogen-bond acceptors (Lipinski definition) is 3. The van der Waals surface area contributed by atoms with Gasteiger partial charge in [-0.15, -0.1) is 0 Å². The average molecular weight is 271 g/mol. The van der Waals surface area contributed by atoms with Crippen molar-refractivity contribution >= 4 is 10.0 Å². The number of H-pyrrole nitrogens is 1. The fourth-order valence-corrected chi connectivity index (χ4v) is 4.64. The van der Waals surface area contributed by atoms with E-state index in [0.717, 1.165) is 25.0 Å². The van der Waals surface area contributed by atoms with Gasteiger partial charge in [-0.1, -0.05) is 6.92 Å². The van der Waals surface area contributed by atoms with Gasteiger partial charge >= 0.3 is 0 Å². The van der Waals surface area contributed by atoms with E-state index in [1.807, 2.05) is 13.8 Å². The monoisotopic (exact) mass is 271 g/mol. The first-order valence-corrected chi connectivity index (χ1v) is 7.85. The molecule has 0 bridgehead atoms. The molecule has 1 aromatic rings. The van der Waals surface area contributed by atoms with E-state index in [9.17, 15) is 8.42 Å². The summed E-state index contributed by atoms with van der Waals surface area (Å²) in [6.45, 7) is 4.33. The Kier molecular flexibility index (Phi) is 3.79. The van der Waals surface area contributed by atoms with Crippen LogP contribution in [0.15, 0.2) is 17.2 Å². The molecule has 0 radical (unpaired) electrons. The molecule has 0 saturated carbocycles. The largest absolute Gasteiger partial charge is 0.363 e. The van der Waals surface area contributed by atoms with Crippen LogP contribution in [-0.4, -0.2) is 29.8 Å². The molecule has 1 fully saturated rings. The van der Waals surface area contributed by atoms with E-state index in [4.69, 9.17) is 5.73 Å². The smallest absolute Gasteiger partial charge is 0.245 e. The van der Waals surface area contributed by atoms with E-state index >= 15 is 0 Å². The van der Waals surface area contributed by atoms with E-state index in [1.54, 1.807) is 10.4 Å². The summed E-state index contributed by atoms with van der Waals surface area (Å²) >= 11 is 0. The van der Waals surface area contributed by atoms with Crippen molar-refractivity contribution in [2.45, 2.75) is 56.6 Å². The third kappa shape index (κ3) is 2.20. The molecule has 0 spiro atoms. The summed E-state index contributed by atoms with van der Waals surface area (Å²) in [5.74, 6) is 0. The number of rotatable bonds is 4. The Hall–Kier alpha value is -0.850. The number of sulfonamides is 1. The SMILES string of the molecule is CCC1CCC(C)N1S(=O)(=O)c1c[nH]c(CN)c1. The molecule has 102 valence electrons. The lowest BCUT2D eigenvalue weighted by Gasteiger charge is -2.26. The Bertz CT molecular complexity index is 509. The van der Waals surface area contributed by atoms with Gasteiger partial charge in [0.2, 0.25) is 10.0 Å². The van der Waals surface area contributed by atoms with Crippen LogP contribution in [-0.2, 0) is 16.6 Å². The number of aromatic amines is 1. The van der Waals surface area contributed by atoms with E-state index in [-0.39, 0.29) is 12.1 Å². The second-order valence-electron chi connectivity index (χ2n) is 4.89. The number of aromatic nitrogens is 1. The van der Waals surface area contributed by atoms with Gasteiger partial charge in [-0.25, -0.2) is 8.42 Å². The Morgan fingerprint density at radius 3 is 2.78 bits per heavy atom. The van der Waals surface area contributed by atoms with Crippen LogP contribution in [0.1, 0.15) is 38.8 Å². The van der Waals surface area contributed by atoms with Crippen molar-refractivity contribution in [1.82, 2.24) is 9.29 Å². The molecule has 3 N–H and O–H groups in total. The highest BCUT2D eigenvalue weighted by Crippen LogP contribution is 2.32. The quantitative estimate of drug-likeness (QED) is 0.869. The minimum atomic E-state index is -3.39. The Labute approximate surface area is 108 Å². The minimum Gasteiger partial charge on any atom is -0.363 e. The zero-order chi connectivity index (χ0) is 13.3. The maximum Gasteiger partial charge on any atom is 0.245 e. The zero-order valence-electron chi connectivity index (χ0n) is 10.9. The molecule has 2 atom stereocenters. The molecule has 0 amide bonds. The second-order valence-corrected chi connectivity index (χ2v) is 6.73. The molecule has 2 unspecified atom stereocenters. The summed E-state index contributed by atoms with van der Waals surface area (Å²) in [5.41, 5.74) is 6.24. The molecule has 1 aliphatic heterocycles. The average Bonchev–Trinajstić information content (AvgIpc) is 2.95. The molecule has 1 aromatic heterocycles. The van der Waals surface area contributed by atoms with Crippen molar-refractivity contribution in [3.63, 3.8) is 0 Å². The van der Waals surface area contributed by atoms with Crippen LogP contribution in [0.5, 0.6) is 0 Å². The Morgan fingerprint density at radius 2 is 2.22 bits per heavy atom. The van der Waals surface area contributed by atoms with Gasteiger partial charge in [-0.05, 0) is 32.3 Å². The van der Waals surface area contributed by atoms with Crippen molar-refractivity contribution in [2.75, 3.05) is 0 Å². The van der Waals surface area contributed by atoms with Gasteiger partial charge in [0.1, 0.15) is 0 Å². The van der Waals surface area contributed by atoms with Gasteiger partial charge in [0.15, 0.2) is 0 Å². The van der Waals surface area contributed by atoms with Crippen LogP contribution < -0.4 is 5.73 Å². The van der Waals surface area contributed by atoms with Crippen LogP contribution in [0.4, 0.5) is 0 Å². The molecule has 1 saturated heterocycles. The summed E-state index contributed by atoms with van der Waals surface area (Å²) < 4.78 is 26.9. The third-order valence-electron chi connectivity index (χ3n) is 3.69. The number of nitrogens with two attached hydrogens (primary N) is 1. The minimum absolute atomic E-state index is 0.0798. The molecule has 2 rings (SSSR count). The molecule has 5 nitrogen and oxygen atoms in total. The summed E-state index contributed by atoms with van der Waals surface area (Å²) in [7, 11) is -3.39. The molecule has 0 aliphatic carbocycles. The summed E-state index contributed by atoms with van der Waals surface area (Å²) in [5, 5.41) is 0. The highest BCUT2D eigenvalue weighted by atomic mass is 32.2. The standard InChI is InChI=1S/C12H21N3O2S/c1-3-11-5-4-9(2)15(11)18(16,17)12-6-10(7-13)14-8-12/h6,8-9,11,14H,3-5,7,13H2,1-2H3. The van der Waals surface area contributed by atoms with Crippen LogP contribution in [0.3, 0.4) is 0 Å². The van der Waals surface area contributed by atoms with Gasteiger partial charge in [-0.3, -0.25) is 0 Å². The van der Waals surface area contributed by atoms with Gasteiger partial charge in [-0.2, -0.15) is 4.31 Å². The predicted molar refractivity (Wildman–Crippen MR) is 70.5 cm³/mol. The molecular weight excluding hydrogens is 250 g/mol. The van der Waals surface area contributed by atoms with Crippen molar-refractivity contribution in [3.05, 3.63) is 18.0 Å². The first-order chi connectivity index (χ1) is 8.50. The summed E-state index contributed by atoms with van der Waals surface area (Å²) in [6.07, 6.45) is 4.28. The van der Waals surface area contributed by atoms with E-state index in [0.29, 0.717) is 11.4 Å². The van der Waals surface area contributed by atoms with Crippen molar-refractivity contribution in [2.24, 2.45) is 5.73 Å². The Balaban J connectivity index is 2.35. The second kappa shape index (κ2) is 5.03. The number of hydrogen-bond donors (Lipinski definition) is 2. The summed E-state index contributed by atoms with van der Waals surface area (Å²) in [4.78, 5) is 3.23. The lowest BCUT2D eigenvalue weighted by molar-refractivity contribution is 0.329. The lowest BCUT2D eigenvalue weighted by Crippen LogP contribution is -2.39. The zero-order valence-corrected chi connectivity index (χ0v) is 11.7. The van der Waals surface area contributed by atoms with E-state index < -0.39 is 10.0 Å². The van der Waals surface area contributed by atoms with Crippen molar-refractivity contribution in [1.29, 1.82) is 0 Å². The van der Waals surface area contributed by atoms with E-state index in [2.05, 4.69) is 4.98 Å². The van der Waals surface area contributed by atoms with Crippen LogP contribution >= 0.6 is 0 Å². The summed E-state index contributed by atoms with van der Waals surface area (Å²) in [6, 6.07) is 1.84. The van der Waals surface area contributed by atoms with Crippen LogP contribution in [0.2, 0.25) is 0 Å². The number of nitrogens with one attached hydrogen (secondary N) is 1. The first-order valence-electron chi connectivity index (χ1n) is 6.41. The van der Waals surface area contributed by atoms with Crippen molar-refractivity contribution in [3.8, 4) is 0 Å². The molecular formula is C12H21N3O2S. The topological polar surface area (TPSA) is 79.2 Å². The predicted octanol–water partition coefficient (Wildman–Crippen LogP) is 1.43. The first kappa shape index (κ1) is 13.6. The highest BCUT2D eigenvalue weighted by molar-refractivity contribution is 7.89. The van der Waals surface area contributed by atoms with Gasteiger partial charge < -0.3 is 10.7 Å². The van der Waals surface area contributed by atoms with Gasteiger partial charge in [0.25, 0.3) is 0 Å². The molecule has 6 heteroatoms. The molecule has 2 heterocycles. The normalized spacial score (nSPS) is 25.7. The molecule has 0 aromatic carbocycles. The van der Waals surface area contributed by atoms with Gasteiger partial charge in [0, 0.05) is 30.5 Å². The third-order valence-corrected chi connectivity index (χ3v) is 5.74. The molecule has 18 heavy (non-hydrogen) atoms. The maximum atomic E-state index is 12.6. The Morgan fingerprint density at radius 1 is 1.50 bits per heavy atom. The fourth-order valence-electron chi connectivity index (χ4n) is 2.67. The van der Waals surface area contributed by atoms with Gasteiger partial charge in [0.05, 0.1) is 4.90 Å². The van der Waals surface area contributed by atoms with E-state index in [1.165, 1.54) is 6.20 Å². The molecule has 1 aliphatic rings. The number of nitrogens with zero attached hydrogens (tertiary/aromatic N) is 1. The highest BCUT2D eigenvalue weighted by Gasteiger charge is 2.39. The van der Waals surface area contributed by atoms with Crippen LogP contribution in [0, 0.1) is 0 Å². The maximum absolute atomic E-state index is 12.6. The fraction of sp³-hybridized carbons (Fsp3) is 0.667. The lowest BCUT2D eigenvalue weighted by atomic mass is 10.2.